The highest BCUT2D eigenvalue weighted by atomic mass is 19.1. The normalized spacial score (nSPS) is 15.2. The number of pyridine rings is 1. The molecule has 7 heteroatoms. The lowest BCUT2D eigenvalue weighted by atomic mass is 9.98. The van der Waals surface area contributed by atoms with Gasteiger partial charge in [-0.2, -0.15) is 0 Å². The van der Waals surface area contributed by atoms with Gasteiger partial charge in [-0.25, -0.2) is 13.8 Å². The van der Waals surface area contributed by atoms with Crippen molar-refractivity contribution in [2.24, 2.45) is 5.92 Å². The summed E-state index contributed by atoms with van der Waals surface area (Å²) in [6.45, 7) is 1.58. The maximum atomic E-state index is 13.8. The molecular weight excluding hydrogens is 328 g/mol. The fourth-order valence-corrected chi connectivity index (χ4v) is 2.94. The van der Waals surface area contributed by atoms with E-state index in [-0.39, 0.29) is 18.1 Å². The van der Waals surface area contributed by atoms with E-state index >= 15 is 0 Å². The van der Waals surface area contributed by atoms with E-state index in [0.717, 1.165) is 31.0 Å². The van der Waals surface area contributed by atoms with Crippen molar-refractivity contribution in [1.82, 2.24) is 4.98 Å². The molecule has 2 aromatic rings. The van der Waals surface area contributed by atoms with Crippen molar-refractivity contribution >= 4 is 17.4 Å². The molecule has 25 heavy (non-hydrogen) atoms. The molecule has 1 saturated heterocycles. The summed E-state index contributed by atoms with van der Waals surface area (Å²) >= 11 is 0. The van der Waals surface area contributed by atoms with Crippen LogP contribution in [0.15, 0.2) is 36.5 Å². The standard InChI is InChI=1S/C18H19F2N3O2/c19-13-3-4-15(20)14(10-13)18(25)22-16-2-1-7-21-17(16)23-8-5-12(11-24)6-9-23/h1-4,7,10,12,24H,5-6,8-9,11H2,(H,22,25). The second-order valence-electron chi connectivity index (χ2n) is 6.07. The van der Waals surface area contributed by atoms with Crippen LogP contribution in [0.2, 0.25) is 0 Å². The minimum absolute atomic E-state index is 0.165. The van der Waals surface area contributed by atoms with E-state index < -0.39 is 17.5 Å². The van der Waals surface area contributed by atoms with Gasteiger partial charge in [-0.3, -0.25) is 4.79 Å². The SMILES string of the molecule is O=C(Nc1cccnc1N1CCC(CO)CC1)c1cc(F)ccc1F. The van der Waals surface area contributed by atoms with Crippen LogP contribution in [-0.2, 0) is 0 Å². The number of anilines is 2. The lowest BCUT2D eigenvalue weighted by molar-refractivity contribution is 0.102. The van der Waals surface area contributed by atoms with Gasteiger partial charge in [0.25, 0.3) is 5.91 Å². The number of carbonyl (C=O) groups is 1. The molecule has 0 atom stereocenters. The Bertz CT molecular complexity index is 762. The first-order valence-electron chi connectivity index (χ1n) is 8.15. The van der Waals surface area contributed by atoms with Crippen molar-refractivity contribution in [3.63, 3.8) is 0 Å². The first-order chi connectivity index (χ1) is 12.1. The summed E-state index contributed by atoms with van der Waals surface area (Å²) in [6, 6.07) is 6.10. The first-order valence-corrected chi connectivity index (χ1v) is 8.15. The Balaban J connectivity index is 1.79. The molecule has 0 bridgehead atoms. The number of nitrogens with zero attached hydrogens (tertiary/aromatic N) is 2. The van der Waals surface area contributed by atoms with Gasteiger partial charge in [0.05, 0.1) is 11.3 Å². The first kappa shape index (κ1) is 17.3. The predicted octanol–water partition coefficient (Wildman–Crippen LogP) is 2.82. The Labute approximate surface area is 144 Å². The topological polar surface area (TPSA) is 65.5 Å². The number of piperidine rings is 1. The summed E-state index contributed by atoms with van der Waals surface area (Å²) in [6.07, 6.45) is 3.28. The third kappa shape index (κ3) is 3.93. The Kier molecular flexibility index (Phi) is 5.23. The van der Waals surface area contributed by atoms with E-state index in [4.69, 9.17) is 0 Å². The third-order valence-corrected chi connectivity index (χ3v) is 4.38. The highest BCUT2D eigenvalue weighted by molar-refractivity contribution is 6.05. The monoisotopic (exact) mass is 347 g/mol. The van der Waals surface area contributed by atoms with Crippen LogP contribution in [0.25, 0.3) is 0 Å². The fourth-order valence-electron chi connectivity index (χ4n) is 2.94. The van der Waals surface area contributed by atoms with Crippen LogP contribution in [0.4, 0.5) is 20.3 Å². The van der Waals surface area contributed by atoms with Crippen LogP contribution >= 0.6 is 0 Å². The Hall–Kier alpha value is -2.54. The molecule has 132 valence electrons. The summed E-state index contributed by atoms with van der Waals surface area (Å²) in [4.78, 5) is 18.7. The van der Waals surface area contributed by atoms with Gasteiger partial charge in [-0.05, 0) is 49.1 Å². The summed E-state index contributed by atoms with van der Waals surface area (Å²) < 4.78 is 27.1. The number of carbonyl (C=O) groups excluding carboxylic acids is 1. The summed E-state index contributed by atoms with van der Waals surface area (Å²) in [5.41, 5.74) is 0.0902. The molecule has 2 N–H and O–H groups in total. The molecule has 1 amide bonds. The number of amides is 1. The van der Waals surface area contributed by atoms with Gasteiger partial charge >= 0.3 is 0 Å². The summed E-state index contributed by atoms with van der Waals surface area (Å²) in [7, 11) is 0. The quantitative estimate of drug-likeness (QED) is 0.893. The molecule has 0 spiro atoms. The zero-order chi connectivity index (χ0) is 17.8. The second kappa shape index (κ2) is 7.57. The van der Waals surface area contributed by atoms with E-state index in [1.807, 2.05) is 4.90 Å². The van der Waals surface area contributed by atoms with Crippen LogP contribution < -0.4 is 10.2 Å². The van der Waals surface area contributed by atoms with E-state index in [1.54, 1.807) is 18.3 Å². The fraction of sp³-hybridized carbons (Fsp3) is 0.333. The molecule has 3 rings (SSSR count). The minimum atomic E-state index is -0.784. The van der Waals surface area contributed by atoms with Crippen LogP contribution in [0.5, 0.6) is 0 Å². The molecule has 1 aromatic heterocycles. The third-order valence-electron chi connectivity index (χ3n) is 4.38. The van der Waals surface area contributed by atoms with E-state index in [0.29, 0.717) is 24.6 Å². The van der Waals surface area contributed by atoms with Crippen molar-refractivity contribution in [2.45, 2.75) is 12.8 Å². The number of halogens is 2. The number of hydrogen-bond acceptors (Lipinski definition) is 4. The van der Waals surface area contributed by atoms with Crippen LogP contribution in [0.3, 0.4) is 0 Å². The second-order valence-corrected chi connectivity index (χ2v) is 6.07. The van der Waals surface area contributed by atoms with Crippen LogP contribution in [0, 0.1) is 17.6 Å². The van der Waals surface area contributed by atoms with Gasteiger partial charge in [0, 0.05) is 25.9 Å². The summed E-state index contributed by atoms with van der Waals surface area (Å²) in [5.74, 6) is -1.32. The molecule has 1 aliphatic rings. The average molecular weight is 347 g/mol. The lowest BCUT2D eigenvalue weighted by Crippen LogP contribution is -2.36. The van der Waals surface area contributed by atoms with Crippen LogP contribution in [-0.4, -0.2) is 35.7 Å². The maximum Gasteiger partial charge on any atom is 0.258 e. The van der Waals surface area contributed by atoms with Crippen LogP contribution in [0.1, 0.15) is 23.2 Å². The number of benzene rings is 1. The smallest absolute Gasteiger partial charge is 0.258 e. The molecule has 1 aliphatic heterocycles. The highest BCUT2D eigenvalue weighted by Crippen LogP contribution is 2.28. The van der Waals surface area contributed by atoms with E-state index in [2.05, 4.69) is 10.3 Å². The summed E-state index contributed by atoms with van der Waals surface area (Å²) in [5, 5.41) is 11.9. The Morgan fingerprint density at radius 2 is 2.04 bits per heavy atom. The van der Waals surface area contributed by atoms with E-state index in [9.17, 15) is 18.7 Å². The highest BCUT2D eigenvalue weighted by Gasteiger charge is 2.22. The van der Waals surface area contributed by atoms with Crippen molar-refractivity contribution in [3.8, 4) is 0 Å². The molecule has 5 nitrogen and oxygen atoms in total. The number of aliphatic hydroxyl groups excluding tert-OH is 1. The van der Waals surface area contributed by atoms with Gasteiger partial charge in [0.2, 0.25) is 0 Å². The Morgan fingerprint density at radius 1 is 1.28 bits per heavy atom. The van der Waals surface area contributed by atoms with Gasteiger partial charge in [-0.1, -0.05) is 0 Å². The zero-order valence-electron chi connectivity index (χ0n) is 13.6. The molecule has 0 saturated carbocycles. The van der Waals surface area contributed by atoms with Crippen molar-refractivity contribution in [2.75, 3.05) is 29.9 Å². The average Bonchev–Trinajstić information content (AvgIpc) is 2.64. The van der Waals surface area contributed by atoms with E-state index in [1.165, 1.54) is 0 Å². The molecule has 0 radical (unpaired) electrons. The molecule has 2 heterocycles. The number of hydrogen-bond donors (Lipinski definition) is 2. The zero-order valence-corrected chi connectivity index (χ0v) is 13.6. The number of rotatable bonds is 4. The van der Waals surface area contributed by atoms with Gasteiger partial charge in [0.15, 0.2) is 5.82 Å². The van der Waals surface area contributed by atoms with Gasteiger partial charge in [0.1, 0.15) is 11.6 Å². The minimum Gasteiger partial charge on any atom is -0.396 e. The van der Waals surface area contributed by atoms with Crippen molar-refractivity contribution in [3.05, 3.63) is 53.7 Å². The van der Waals surface area contributed by atoms with Gasteiger partial charge < -0.3 is 15.3 Å². The van der Waals surface area contributed by atoms with Crippen molar-refractivity contribution in [1.29, 1.82) is 0 Å². The molecular formula is C18H19F2N3O2. The van der Waals surface area contributed by atoms with Crippen molar-refractivity contribution < 1.29 is 18.7 Å². The predicted molar refractivity (Wildman–Crippen MR) is 90.6 cm³/mol. The maximum absolute atomic E-state index is 13.8. The van der Waals surface area contributed by atoms with Gasteiger partial charge in [-0.15, -0.1) is 0 Å². The number of nitrogens with one attached hydrogen (secondary N) is 1. The Morgan fingerprint density at radius 3 is 2.76 bits per heavy atom. The largest absolute Gasteiger partial charge is 0.396 e. The lowest BCUT2D eigenvalue weighted by Gasteiger charge is -2.33. The number of aliphatic hydroxyl groups is 1. The molecule has 0 unspecified atom stereocenters. The molecule has 1 aromatic carbocycles. The molecule has 1 fully saturated rings. The molecule has 0 aliphatic carbocycles. The number of aromatic nitrogens is 1.